The zero-order chi connectivity index (χ0) is 16.5. The van der Waals surface area contributed by atoms with E-state index < -0.39 is 0 Å². The van der Waals surface area contributed by atoms with Crippen LogP contribution in [-0.2, 0) is 16.0 Å². The van der Waals surface area contributed by atoms with Crippen LogP contribution in [0.15, 0.2) is 30.5 Å². The maximum atomic E-state index is 11.8. The lowest BCUT2D eigenvalue weighted by Crippen LogP contribution is -2.25. The van der Waals surface area contributed by atoms with Crippen LogP contribution in [0.5, 0.6) is 0 Å². The van der Waals surface area contributed by atoms with Crippen molar-refractivity contribution in [2.24, 2.45) is 0 Å². The van der Waals surface area contributed by atoms with Crippen molar-refractivity contribution in [2.45, 2.75) is 32.1 Å². The molecule has 2 amide bonds. The lowest BCUT2D eigenvalue weighted by molar-refractivity contribution is -0.129. The number of carbonyl (C=O) groups excluding carboxylic acids is 2. The zero-order valence-corrected chi connectivity index (χ0v) is 13.0. The van der Waals surface area contributed by atoms with Crippen molar-refractivity contribution in [1.82, 2.24) is 15.8 Å². The van der Waals surface area contributed by atoms with Gasteiger partial charge in [-0.2, -0.15) is 0 Å². The van der Waals surface area contributed by atoms with Crippen LogP contribution >= 0.6 is 0 Å². The molecule has 23 heavy (non-hydrogen) atoms. The van der Waals surface area contributed by atoms with Gasteiger partial charge < -0.3 is 10.3 Å². The second-order valence-electron chi connectivity index (χ2n) is 5.40. The molecule has 123 valence electrons. The Labute approximate surface area is 135 Å². The number of rotatable bonds is 9. The number of hydroxylamine groups is 1. The number of aromatic amines is 1. The van der Waals surface area contributed by atoms with Crippen LogP contribution in [0, 0.1) is 6.42 Å². The number of para-hydroxylation sites is 1. The highest BCUT2D eigenvalue weighted by Crippen LogP contribution is 2.18. The lowest BCUT2D eigenvalue weighted by Gasteiger charge is -2.04. The number of hydrogen-bond donors (Lipinski definition) is 4. The molecule has 1 heterocycles. The fourth-order valence-corrected chi connectivity index (χ4v) is 2.43. The Bertz CT molecular complexity index is 651. The summed E-state index contributed by atoms with van der Waals surface area (Å²) >= 11 is 0. The first-order chi connectivity index (χ1) is 11.2. The molecule has 0 aliphatic carbocycles. The van der Waals surface area contributed by atoms with Gasteiger partial charge in [0.2, 0.25) is 11.8 Å². The molecular formula is C17H22N3O3. The minimum absolute atomic E-state index is 0.0802. The fourth-order valence-electron chi connectivity index (χ4n) is 2.43. The molecule has 1 aromatic carbocycles. The van der Waals surface area contributed by atoms with Crippen molar-refractivity contribution < 1.29 is 14.8 Å². The monoisotopic (exact) mass is 316 g/mol. The van der Waals surface area contributed by atoms with Gasteiger partial charge in [0, 0.05) is 30.1 Å². The number of carbonyl (C=O) groups is 2. The number of benzene rings is 1. The molecule has 0 fully saturated rings. The predicted octanol–water partition coefficient (Wildman–Crippen LogP) is 2.10. The standard InChI is InChI=1S/C17H22N3O3/c21-16(18-11-5-1-2-8-17(22)20-23)10-9-13-12-19-15-7-4-3-6-14(13)15/h3-4,6-7,10,12,19,23H,1-2,5,8-9,11H2,(H,18,21)(H,20,22). The van der Waals surface area contributed by atoms with Gasteiger partial charge >= 0.3 is 0 Å². The van der Waals surface area contributed by atoms with E-state index in [0.717, 1.165) is 29.3 Å². The first-order valence-corrected chi connectivity index (χ1v) is 7.79. The lowest BCUT2D eigenvalue weighted by atomic mass is 10.1. The van der Waals surface area contributed by atoms with E-state index in [9.17, 15) is 9.59 Å². The Morgan fingerprint density at radius 1 is 1.17 bits per heavy atom. The van der Waals surface area contributed by atoms with Gasteiger partial charge in [-0.1, -0.05) is 24.6 Å². The number of hydrogen-bond acceptors (Lipinski definition) is 3. The molecule has 6 heteroatoms. The number of fused-ring (bicyclic) bond motifs is 1. The van der Waals surface area contributed by atoms with Crippen LogP contribution in [0.2, 0.25) is 0 Å². The first-order valence-electron chi connectivity index (χ1n) is 7.79. The molecule has 4 N–H and O–H groups in total. The Morgan fingerprint density at radius 2 is 2.00 bits per heavy atom. The Balaban J connectivity index is 1.61. The first kappa shape index (κ1) is 17.0. The second-order valence-corrected chi connectivity index (χ2v) is 5.40. The largest absolute Gasteiger partial charge is 0.361 e. The molecule has 6 nitrogen and oxygen atoms in total. The van der Waals surface area contributed by atoms with Gasteiger partial charge in [-0.05, 0) is 30.9 Å². The molecule has 0 spiro atoms. The molecule has 0 saturated heterocycles. The summed E-state index contributed by atoms with van der Waals surface area (Å²) in [5.74, 6) is -0.454. The number of unbranched alkanes of at least 4 members (excludes halogenated alkanes) is 2. The van der Waals surface area contributed by atoms with Crippen molar-refractivity contribution >= 4 is 22.7 Å². The third-order valence-corrected chi connectivity index (χ3v) is 3.69. The van der Waals surface area contributed by atoms with Gasteiger partial charge in [-0.25, -0.2) is 5.48 Å². The Morgan fingerprint density at radius 3 is 2.83 bits per heavy atom. The molecule has 0 bridgehead atoms. The van der Waals surface area contributed by atoms with Gasteiger partial charge in [0.05, 0.1) is 6.42 Å². The van der Waals surface area contributed by atoms with E-state index in [-0.39, 0.29) is 11.8 Å². The van der Waals surface area contributed by atoms with E-state index >= 15 is 0 Å². The summed E-state index contributed by atoms with van der Waals surface area (Å²) in [6.45, 7) is 0.587. The highest BCUT2D eigenvalue weighted by molar-refractivity contribution is 5.87. The minimum Gasteiger partial charge on any atom is -0.361 e. The highest BCUT2D eigenvalue weighted by atomic mass is 16.5. The maximum absolute atomic E-state index is 11.8. The van der Waals surface area contributed by atoms with Crippen LogP contribution in [0.25, 0.3) is 10.9 Å². The zero-order valence-electron chi connectivity index (χ0n) is 13.0. The van der Waals surface area contributed by atoms with Crippen molar-refractivity contribution in [3.05, 3.63) is 42.4 Å². The number of amides is 2. The third-order valence-electron chi connectivity index (χ3n) is 3.69. The molecule has 0 unspecified atom stereocenters. The Hall–Kier alpha value is -2.34. The van der Waals surface area contributed by atoms with Crippen molar-refractivity contribution in [2.75, 3.05) is 6.54 Å². The van der Waals surface area contributed by atoms with Crippen molar-refractivity contribution in [3.63, 3.8) is 0 Å². The summed E-state index contributed by atoms with van der Waals surface area (Å²) < 4.78 is 0. The van der Waals surface area contributed by atoms with E-state index in [2.05, 4.69) is 10.3 Å². The van der Waals surface area contributed by atoms with Gasteiger partial charge in [0.15, 0.2) is 0 Å². The van der Waals surface area contributed by atoms with Crippen LogP contribution in [0.4, 0.5) is 0 Å². The van der Waals surface area contributed by atoms with Crippen molar-refractivity contribution in [1.29, 1.82) is 0 Å². The molecule has 1 aromatic heterocycles. The normalized spacial score (nSPS) is 10.7. The molecule has 2 rings (SSSR count). The molecule has 0 atom stereocenters. The molecular weight excluding hydrogens is 294 g/mol. The SMILES string of the molecule is O=C([CH]Cc1c[nH]c2ccccc12)NCCCCCC(=O)NO. The molecule has 2 aromatic rings. The summed E-state index contributed by atoms with van der Waals surface area (Å²) in [4.78, 5) is 25.8. The molecule has 0 aliphatic heterocycles. The highest BCUT2D eigenvalue weighted by Gasteiger charge is 2.06. The summed E-state index contributed by atoms with van der Waals surface area (Å²) in [5, 5.41) is 12.3. The topological polar surface area (TPSA) is 94.2 Å². The molecule has 1 radical (unpaired) electrons. The fraction of sp³-hybridized carbons (Fsp3) is 0.353. The minimum atomic E-state index is -0.374. The van der Waals surface area contributed by atoms with E-state index in [4.69, 9.17) is 5.21 Å². The van der Waals surface area contributed by atoms with Crippen molar-refractivity contribution in [3.8, 4) is 0 Å². The average molecular weight is 316 g/mol. The number of nitrogens with one attached hydrogen (secondary N) is 3. The Kier molecular flexibility index (Phi) is 6.62. The maximum Gasteiger partial charge on any atom is 0.243 e. The quantitative estimate of drug-likeness (QED) is 0.324. The summed E-state index contributed by atoms with van der Waals surface area (Å²) in [7, 11) is 0. The third kappa shape index (κ3) is 5.41. The van der Waals surface area contributed by atoms with Gasteiger partial charge in [0.1, 0.15) is 0 Å². The average Bonchev–Trinajstić information content (AvgIpc) is 2.99. The van der Waals surface area contributed by atoms with Crippen LogP contribution in [0.3, 0.4) is 0 Å². The van der Waals surface area contributed by atoms with Gasteiger partial charge in [-0.3, -0.25) is 14.8 Å². The summed E-state index contributed by atoms with van der Waals surface area (Å²) in [6.07, 6.45) is 6.81. The molecule has 0 saturated carbocycles. The van der Waals surface area contributed by atoms with E-state index in [1.54, 1.807) is 11.9 Å². The van der Waals surface area contributed by atoms with E-state index in [0.29, 0.717) is 25.8 Å². The summed E-state index contributed by atoms with van der Waals surface area (Å²) in [5.41, 5.74) is 3.78. The van der Waals surface area contributed by atoms with Gasteiger partial charge in [-0.15, -0.1) is 0 Å². The predicted molar refractivity (Wildman–Crippen MR) is 87.7 cm³/mol. The number of H-pyrrole nitrogens is 1. The van der Waals surface area contributed by atoms with E-state index in [1.165, 1.54) is 0 Å². The van der Waals surface area contributed by atoms with Crippen LogP contribution in [0.1, 0.15) is 31.2 Å². The van der Waals surface area contributed by atoms with Crippen LogP contribution in [-0.4, -0.2) is 28.6 Å². The molecule has 0 aliphatic rings. The summed E-state index contributed by atoms with van der Waals surface area (Å²) in [6, 6.07) is 8.01. The smallest absolute Gasteiger partial charge is 0.243 e. The van der Waals surface area contributed by atoms with Gasteiger partial charge in [0.25, 0.3) is 0 Å². The number of aromatic nitrogens is 1. The second kappa shape index (κ2) is 8.95. The van der Waals surface area contributed by atoms with E-state index in [1.807, 2.05) is 30.5 Å². The van der Waals surface area contributed by atoms with Crippen LogP contribution < -0.4 is 10.8 Å².